The molecule has 0 aliphatic carbocycles. The molecular formula is C17H20N2O3. The van der Waals surface area contributed by atoms with Gasteiger partial charge in [0.1, 0.15) is 0 Å². The van der Waals surface area contributed by atoms with Crippen LogP contribution in [-0.4, -0.2) is 30.6 Å². The first-order chi connectivity index (χ1) is 10.8. The average Bonchev–Trinajstić information content (AvgIpc) is 3.02. The Morgan fingerprint density at radius 1 is 1.23 bits per heavy atom. The van der Waals surface area contributed by atoms with Gasteiger partial charge >= 0.3 is 5.97 Å². The predicted molar refractivity (Wildman–Crippen MR) is 84.0 cm³/mol. The molecule has 22 heavy (non-hydrogen) atoms. The maximum Gasteiger partial charge on any atom is 0.362 e. The van der Waals surface area contributed by atoms with E-state index in [0.717, 1.165) is 31.5 Å². The molecule has 1 aliphatic rings. The zero-order chi connectivity index (χ0) is 15.4. The van der Waals surface area contributed by atoms with Crippen LogP contribution in [0.5, 0.6) is 0 Å². The molecule has 116 valence electrons. The number of carbonyl (C=O) groups is 1. The number of aromatic nitrogens is 1. The van der Waals surface area contributed by atoms with E-state index >= 15 is 0 Å². The standard InChI is InChI=1S/C17H20N2O3/c1-2-21-17(20)14-16(19-11-7-4-8-12-19)22-15(18-14)13-9-5-3-6-10-13/h3,5-6,9-10H,2,4,7-8,11-12H2,1H3. The van der Waals surface area contributed by atoms with Crippen LogP contribution >= 0.6 is 0 Å². The fraction of sp³-hybridized carbons (Fsp3) is 0.412. The molecule has 1 aromatic heterocycles. The van der Waals surface area contributed by atoms with Crippen LogP contribution in [0.3, 0.4) is 0 Å². The van der Waals surface area contributed by atoms with Gasteiger partial charge in [-0.05, 0) is 38.3 Å². The molecule has 0 atom stereocenters. The van der Waals surface area contributed by atoms with Crippen LogP contribution in [0, 0.1) is 0 Å². The molecular weight excluding hydrogens is 280 g/mol. The maximum atomic E-state index is 12.2. The highest BCUT2D eigenvalue weighted by molar-refractivity contribution is 5.93. The van der Waals surface area contributed by atoms with E-state index in [1.165, 1.54) is 6.42 Å². The Hall–Kier alpha value is -2.30. The molecule has 1 saturated heterocycles. The number of oxazole rings is 1. The third-order valence-electron chi connectivity index (χ3n) is 3.74. The molecule has 0 amide bonds. The SMILES string of the molecule is CCOC(=O)c1nc(-c2ccccc2)oc1N1CCCCC1. The minimum absolute atomic E-state index is 0.280. The number of hydrogen-bond donors (Lipinski definition) is 0. The number of anilines is 1. The van der Waals surface area contributed by atoms with E-state index < -0.39 is 5.97 Å². The largest absolute Gasteiger partial charge is 0.461 e. The van der Waals surface area contributed by atoms with E-state index in [4.69, 9.17) is 9.15 Å². The number of nitrogens with zero attached hydrogens (tertiary/aromatic N) is 2. The summed E-state index contributed by atoms with van der Waals surface area (Å²) in [5.74, 6) is 0.579. The summed E-state index contributed by atoms with van der Waals surface area (Å²) in [7, 11) is 0. The lowest BCUT2D eigenvalue weighted by atomic mass is 10.1. The molecule has 2 heterocycles. The van der Waals surface area contributed by atoms with E-state index in [1.54, 1.807) is 6.92 Å². The first kappa shape index (κ1) is 14.6. The number of piperidine rings is 1. The monoisotopic (exact) mass is 300 g/mol. The second-order valence-corrected chi connectivity index (χ2v) is 5.31. The number of hydrogen-bond acceptors (Lipinski definition) is 5. The van der Waals surface area contributed by atoms with E-state index in [1.807, 2.05) is 30.3 Å². The fourth-order valence-electron chi connectivity index (χ4n) is 2.66. The predicted octanol–water partition coefficient (Wildman–Crippen LogP) is 3.51. The van der Waals surface area contributed by atoms with Crippen LogP contribution < -0.4 is 4.90 Å². The maximum absolute atomic E-state index is 12.2. The Balaban J connectivity index is 1.98. The third kappa shape index (κ3) is 2.98. The van der Waals surface area contributed by atoms with Crippen molar-refractivity contribution in [3.8, 4) is 11.5 Å². The second-order valence-electron chi connectivity index (χ2n) is 5.31. The van der Waals surface area contributed by atoms with Crippen molar-refractivity contribution in [1.82, 2.24) is 4.98 Å². The molecule has 5 nitrogen and oxygen atoms in total. The van der Waals surface area contributed by atoms with Crippen LogP contribution in [0.4, 0.5) is 5.88 Å². The smallest absolute Gasteiger partial charge is 0.362 e. The summed E-state index contributed by atoms with van der Waals surface area (Å²) in [6, 6.07) is 9.61. The van der Waals surface area contributed by atoms with E-state index in [0.29, 0.717) is 18.4 Å². The number of carbonyl (C=O) groups excluding carboxylic acids is 1. The molecule has 0 bridgehead atoms. The van der Waals surface area contributed by atoms with Crippen molar-refractivity contribution in [3.63, 3.8) is 0 Å². The van der Waals surface area contributed by atoms with Crippen molar-refractivity contribution in [1.29, 1.82) is 0 Å². The summed E-state index contributed by atoms with van der Waals surface area (Å²) in [5, 5.41) is 0. The van der Waals surface area contributed by atoms with Crippen LogP contribution in [-0.2, 0) is 4.74 Å². The summed E-state index contributed by atoms with van der Waals surface area (Å²) in [5.41, 5.74) is 1.14. The van der Waals surface area contributed by atoms with Gasteiger partial charge in [-0.25, -0.2) is 4.79 Å². The van der Waals surface area contributed by atoms with Gasteiger partial charge < -0.3 is 14.1 Å². The van der Waals surface area contributed by atoms with E-state index in [2.05, 4.69) is 9.88 Å². The Kier molecular flexibility index (Phi) is 4.42. The highest BCUT2D eigenvalue weighted by Crippen LogP contribution is 2.30. The van der Waals surface area contributed by atoms with Crippen molar-refractivity contribution in [3.05, 3.63) is 36.0 Å². The summed E-state index contributed by atoms with van der Waals surface area (Å²) < 4.78 is 11.0. The highest BCUT2D eigenvalue weighted by Gasteiger charge is 2.27. The lowest BCUT2D eigenvalue weighted by Crippen LogP contribution is -2.30. The normalized spacial score (nSPS) is 14.9. The second kappa shape index (κ2) is 6.64. The molecule has 1 fully saturated rings. The number of ether oxygens (including phenoxy) is 1. The van der Waals surface area contributed by atoms with Crippen molar-refractivity contribution in [2.24, 2.45) is 0 Å². The molecule has 5 heteroatoms. The molecule has 0 saturated carbocycles. The Labute approximate surface area is 129 Å². The minimum atomic E-state index is -0.422. The third-order valence-corrected chi connectivity index (χ3v) is 3.74. The topological polar surface area (TPSA) is 55.6 Å². The zero-order valence-electron chi connectivity index (χ0n) is 12.7. The van der Waals surface area contributed by atoms with Crippen molar-refractivity contribution < 1.29 is 13.9 Å². The summed E-state index contributed by atoms with van der Waals surface area (Å²) in [6.07, 6.45) is 3.41. The zero-order valence-corrected chi connectivity index (χ0v) is 12.7. The Morgan fingerprint density at radius 2 is 1.95 bits per heavy atom. The van der Waals surface area contributed by atoms with Gasteiger partial charge in [0.15, 0.2) is 0 Å². The van der Waals surface area contributed by atoms with Gasteiger partial charge in [-0.1, -0.05) is 18.2 Å². The highest BCUT2D eigenvalue weighted by atomic mass is 16.5. The molecule has 0 N–H and O–H groups in total. The molecule has 3 rings (SSSR count). The van der Waals surface area contributed by atoms with Gasteiger partial charge in [0, 0.05) is 18.7 Å². The lowest BCUT2D eigenvalue weighted by Gasteiger charge is -2.26. The van der Waals surface area contributed by atoms with Gasteiger partial charge in [-0.15, -0.1) is 0 Å². The first-order valence-electron chi connectivity index (χ1n) is 7.78. The van der Waals surface area contributed by atoms with Crippen molar-refractivity contribution >= 4 is 11.9 Å². The first-order valence-corrected chi connectivity index (χ1v) is 7.78. The van der Waals surface area contributed by atoms with Crippen LogP contribution in [0.2, 0.25) is 0 Å². The average molecular weight is 300 g/mol. The van der Waals surface area contributed by atoms with Gasteiger partial charge in [0.25, 0.3) is 0 Å². The number of rotatable bonds is 4. The van der Waals surface area contributed by atoms with Gasteiger partial charge in [-0.2, -0.15) is 4.98 Å². The molecule has 1 aromatic carbocycles. The quantitative estimate of drug-likeness (QED) is 0.809. The Bertz CT molecular complexity index is 631. The van der Waals surface area contributed by atoms with Gasteiger partial charge in [0.05, 0.1) is 6.61 Å². The van der Waals surface area contributed by atoms with Crippen LogP contribution in [0.15, 0.2) is 34.7 Å². The molecule has 0 radical (unpaired) electrons. The van der Waals surface area contributed by atoms with Crippen molar-refractivity contribution in [2.45, 2.75) is 26.2 Å². The summed E-state index contributed by atoms with van der Waals surface area (Å²) in [6.45, 7) is 3.88. The molecule has 0 spiro atoms. The van der Waals surface area contributed by atoms with Crippen LogP contribution in [0.25, 0.3) is 11.5 Å². The molecule has 1 aliphatic heterocycles. The molecule has 2 aromatic rings. The lowest BCUT2D eigenvalue weighted by molar-refractivity contribution is 0.0520. The fourth-order valence-corrected chi connectivity index (χ4v) is 2.66. The van der Waals surface area contributed by atoms with Gasteiger partial charge in [0.2, 0.25) is 17.5 Å². The van der Waals surface area contributed by atoms with Crippen molar-refractivity contribution in [2.75, 3.05) is 24.6 Å². The minimum Gasteiger partial charge on any atom is -0.461 e. The summed E-state index contributed by atoms with van der Waals surface area (Å²) in [4.78, 5) is 18.7. The van der Waals surface area contributed by atoms with Gasteiger partial charge in [-0.3, -0.25) is 0 Å². The Morgan fingerprint density at radius 3 is 2.64 bits per heavy atom. The molecule has 0 unspecified atom stereocenters. The van der Waals surface area contributed by atoms with E-state index in [-0.39, 0.29) is 5.69 Å². The van der Waals surface area contributed by atoms with E-state index in [9.17, 15) is 4.79 Å². The number of benzene rings is 1. The van der Waals surface area contributed by atoms with Crippen LogP contribution in [0.1, 0.15) is 36.7 Å². The number of esters is 1. The summed E-state index contributed by atoms with van der Waals surface area (Å²) >= 11 is 0.